The van der Waals surface area contributed by atoms with Crippen LogP contribution in [-0.4, -0.2) is 14.9 Å². The molecule has 110 valence electrons. The van der Waals surface area contributed by atoms with Crippen LogP contribution in [0.5, 0.6) is 11.6 Å². The maximum Gasteiger partial charge on any atom is 0.271 e. The van der Waals surface area contributed by atoms with Gasteiger partial charge in [-0.3, -0.25) is 10.1 Å². The van der Waals surface area contributed by atoms with Crippen molar-refractivity contribution in [2.45, 2.75) is 13.3 Å². The van der Waals surface area contributed by atoms with Gasteiger partial charge >= 0.3 is 0 Å². The largest absolute Gasteiger partial charge is 0.436 e. The Kier molecular flexibility index (Phi) is 5.13. The highest BCUT2D eigenvalue weighted by atomic mass is 79.9. The molecule has 0 amide bonds. The van der Waals surface area contributed by atoms with E-state index in [9.17, 15) is 10.1 Å². The molecular weight excluding hydrogens is 429 g/mol. The second-order valence-corrected chi connectivity index (χ2v) is 5.97. The summed E-state index contributed by atoms with van der Waals surface area (Å²) in [6.07, 6.45) is 1.89. The predicted octanol–water partition coefficient (Wildman–Crippen LogP) is 4.92. The lowest BCUT2D eigenvalue weighted by Crippen LogP contribution is -1.98. The molecule has 2 aromatic rings. The van der Waals surface area contributed by atoms with E-state index in [1.165, 1.54) is 18.5 Å². The Hall–Kier alpha value is -1.25. The molecule has 0 saturated carbocycles. The molecular formula is C12H8Br2ClN3O3. The molecule has 2 rings (SSSR count). The lowest BCUT2D eigenvalue weighted by atomic mass is 10.2. The van der Waals surface area contributed by atoms with Crippen molar-refractivity contribution in [3.8, 4) is 11.6 Å². The van der Waals surface area contributed by atoms with Gasteiger partial charge in [-0.2, -0.15) is 0 Å². The van der Waals surface area contributed by atoms with Crippen LogP contribution in [-0.2, 0) is 6.42 Å². The van der Waals surface area contributed by atoms with Crippen molar-refractivity contribution in [2.75, 3.05) is 0 Å². The van der Waals surface area contributed by atoms with Crippen molar-refractivity contribution >= 4 is 49.1 Å². The average Bonchev–Trinajstić information content (AvgIpc) is 2.42. The van der Waals surface area contributed by atoms with E-state index in [-0.39, 0.29) is 5.69 Å². The number of hydrogen-bond donors (Lipinski definition) is 0. The molecule has 0 aliphatic rings. The van der Waals surface area contributed by atoms with Crippen LogP contribution in [0.2, 0.25) is 5.15 Å². The van der Waals surface area contributed by atoms with E-state index in [2.05, 4.69) is 41.8 Å². The van der Waals surface area contributed by atoms with Gasteiger partial charge in [-0.25, -0.2) is 9.97 Å². The van der Waals surface area contributed by atoms with Crippen molar-refractivity contribution in [3.05, 3.63) is 48.2 Å². The average molecular weight is 437 g/mol. The van der Waals surface area contributed by atoms with Crippen LogP contribution < -0.4 is 4.74 Å². The number of rotatable bonds is 4. The smallest absolute Gasteiger partial charge is 0.271 e. The Balaban J connectivity index is 2.45. The molecule has 1 aromatic carbocycles. The molecule has 0 radical (unpaired) electrons. The first-order chi connectivity index (χ1) is 9.93. The topological polar surface area (TPSA) is 78.2 Å². The molecule has 0 bridgehead atoms. The number of non-ortho nitro benzene ring substituents is 1. The summed E-state index contributed by atoms with van der Waals surface area (Å²) < 4.78 is 6.59. The van der Waals surface area contributed by atoms with Crippen molar-refractivity contribution in [1.82, 2.24) is 9.97 Å². The van der Waals surface area contributed by atoms with Crippen molar-refractivity contribution < 1.29 is 9.66 Å². The Morgan fingerprint density at radius 3 is 2.48 bits per heavy atom. The highest BCUT2D eigenvalue weighted by molar-refractivity contribution is 9.11. The van der Waals surface area contributed by atoms with Crippen LogP contribution in [0, 0.1) is 10.1 Å². The van der Waals surface area contributed by atoms with E-state index in [0.717, 1.165) is 0 Å². The molecule has 0 aliphatic carbocycles. The predicted molar refractivity (Wildman–Crippen MR) is 85.0 cm³/mol. The first kappa shape index (κ1) is 16.1. The minimum Gasteiger partial charge on any atom is -0.436 e. The third-order valence-electron chi connectivity index (χ3n) is 2.60. The van der Waals surface area contributed by atoms with Crippen molar-refractivity contribution in [2.24, 2.45) is 0 Å². The number of ether oxygens (including phenoxy) is 1. The van der Waals surface area contributed by atoms with E-state index in [4.69, 9.17) is 16.3 Å². The molecule has 0 fully saturated rings. The third kappa shape index (κ3) is 3.50. The lowest BCUT2D eigenvalue weighted by molar-refractivity contribution is -0.385. The molecule has 0 unspecified atom stereocenters. The number of halogens is 3. The third-order valence-corrected chi connectivity index (χ3v) is 4.10. The molecule has 0 atom stereocenters. The van der Waals surface area contributed by atoms with E-state index < -0.39 is 4.92 Å². The fourth-order valence-electron chi connectivity index (χ4n) is 1.61. The SMILES string of the molecule is CCc1c(Cl)ncnc1Oc1c(Br)cc([N+](=O)[O-])cc1Br. The molecule has 6 nitrogen and oxygen atoms in total. The van der Waals surface area contributed by atoms with E-state index >= 15 is 0 Å². The summed E-state index contributed by atoms with van der Waals surface area (Å²) in [6.45, 7) is 1.90. The van der Waals surface area contributed by atoms with Crippen LogP contribution in [0.4, 0.5) is 5.69 Å². The molecule has 1 heterocycles. The van der Waals surface area contributed by atoms with Gasteiger partial charge in [-0.15, -0.1) is 0 Å². The second-order valence-electron chi connectivity index (χ2n) is 3.90. The van der Waals surface area contributed by atoms with Gasteiger partial charge in [0, 0.05) is 12.1 Å². The number of aromatic nitrogens is 2. The van der Waals surface area contributed by atoms with E-state index in [1.54, 1.807) is 0 Å². The summed E-state index contributed by atoms with van der Waals surface area (Å²) in [4.78, 5) is 18.3. The number of benzene rings is 1. The van der Waals surface area contributed by atoms with E-state index in [0.29, 0.717) is 37.7 Å². The summed E-state index contributed by atoms with van der Waals surface area (Å²) in [7, 11) is 0. The van der Waals surface area contributed by atoms with Gasteiger partial charge in [-0.05, 0) is 38.3 Å². The van der Waals surface area contributed by atoms with Crippen LogP contribution in [0.3, 0.4) is 0 Å². The Morgan fingerprint density at radius 1 is 1.33 bits per heavy atom. The first-order valence-corrected chi connectivity index (χ1v) is 7.71. The zero-order valence-electron chi connectivity index (χ0n) is 10.6. The molecule has 9 heteroatoms. The van der Waals surface area contributed by atoms with Gasteiger partial charge in [0.1, 0.15) is 11.5 Å². The summed E-state index contributed by atoms with van der Waals surface area (Å²) >= 11 is 12.5. The summed E-state index contributed by atoms with van der Waals surface area (Å²) in [5, 5.41) is 11.1. The maximum atomic E-state index is 10.8. The number of nitro benzene ring substituents is 1. The lowest BCUT2D eigenvalue weighted by Gasteiger charge is -2.12. The highest BCUT2D eigenvalue weighted by Crippen LogP contribution is 2.40. The normalized spacial score (nSPS) is 10.5. The number of nitrogens with zero attached hydrogens (tertiary/aromatic N) is 3. The minimum absolute atomic E-state index is 0.0578. The Bertz CT molecular complexity index is 689. The van der Waals surface area contributed by atoms with Gasteiger partial charge in [0.05, 0.1) is 19.4 Å². The van der Waals surface area contributed by atoms with Crippen LogP contribution in [0.1, 0.15) is 12.5 Å². The summed E-state index contributed by atoms with van der Waals surface area (Å²) in [5.41, 5.74) is 0.605. The van der Waals surface area contributed by atoms with Gasteiger partial charge in [0.25, 0.3) is 5.69 Å². The van der Waals surface area contributed by atoms with Gasteiger partial charge in [0.2, 0.25) is 5.88 Å². The fourth-order valence-corrected chi connectivity index (χ4v) is 3.19. The van der Waals surface area contributed by atoms with Crippen molar-refractivity contribution in [1.29, 1.82) is 0 Å². The summed E-state index contributed by atoms with van der Waals surface area (Å²) in [5.74, 6) is 0.692. The number of hydrogen-bond acceptors (Lipinski definition) is 5. The zero-order valence-corrected chi connectivity index (χ0v) is 14.6. The standard InChI is InChI=1S/C12H8Br2ClN3O3/c1-2-7-11(15)16-5-17-12(7)21-10-8(13)3-6(18(19)20)4-9(10)14/h3-5H,2H2,1H3. The molecule has 0 saturated heterocycles. The molecule has 21 heavy (non-hydrogen) atoms. The van der Waals surface area contributed by atoms with Crippen LogP contribution in [0.25, 0.3) is 0 Å². The first-order valence-electron chi connectivity index (χ1n) is 5.74. The molecule has 0 spiro atoms. The second kappa shape index (κ2) is 6.67. The zero-order chi connectivity index (χ0) is 15.6. The monoisotopic (exact) mass is 435 g/mol. The van der Waals surface area contributed by atoms with Crippen LogP contribution in [0.15, 0.2) is 27.4 Å². The fraction of sp³-hybridized carbons (Fsp3) is 0.167. The molecule has 0 N–H and O–H groups in total. The van der Waals surface area contributed by atoms with E-state index in [1.807, 2.05) is 6.92 Å². The van der Waals surface area contributed by atoms with Gasteiger partial charge in [-0.1, -0.05) is 18.5 Å². The van der Waals surface area contributed by atoms with Gasteiger partial charge in [0.15, 0.2) is 5.75 Å². The summed E-state index contributed by atoms with van der Waals surface area (Å²) in [6, 6.07) is 2.71. The Morgan fingerprint density at radius 2 is 1.95 bits per heavy atom. The highest BCUT2D eigenvalue weighted by Gasteiger charge is 2.18. The Labute approximate surface area is 141 Å². The number of nitro groups is 1. The van der Waals surface area contributed by atoms with Gasteiger partial charge < -0.3 is 4.74 Å². The maximum absolute atomic E-state index is 10.8. The minimum atomic E-state index is -0.488. The quantitative estimate of drug-likeness (QED) is 0.386. The van der Waals surface area contributed by atoms with Crippen molar-refractivity contribution in [3.63, 3.8) is 0 Å². The molecule has 1 aromatic heterocycles. The van der Waals surface area contributed by atoms with Crippen LogP contribution >= 0.6 is 43.5 Å². The molecule has 0 aliphatic heterocycles.